The molecule has 0 fully saturated rings. The van der Waals surface area contributed by atoms with Crippen LogP contribution >= 0.6 is 15.9 Å². The molecule has 122 valence electrons. The second-order valence-electron chi connectivity index (χ2n) is 5.30. The van der Waals surface area contributed by atoms with Gasteiger partial charge in [0.25, 0.3) is 0 Å². The molecule has 1 aromatic heterocycles. The van der Waals surface area contributed by atoms with E-state index in [0.717, 1.165) is 15.7 Å². The minimum Gasteiger partial charge on any atom is -0.366 e. The van der Waals surface area contributed by atoms with Gasteiger partial charge in [-0.3, -0.25) is 0 Å². The summed E-state index contributed by atoms with van der Waals surface area (Å²) >= 11 is 3.45. The second kappa shape index (κ2) is 7.40. The summed E-state index contributed by atoms with van der Waals surface area (Å²) in [5.41, 5.74) is 1.92. The number of aromatic nitrogens is 2. The minimum atomic E-state index is -0.239. The number of aryl methyl sites for hydroxylation is 1. The Morgan fingerprint density at radius 1 is 1.00 bits per heavy atom. The summed E-state index contributed by atoms with van der Waals surface area (Å²) in [6, 6.07) is 16.1. The van der Waals surface area contributed by atoms with Crippen molar-refractivity contribution in [2.24, 2.45) is 0 Å². The molecule has 0 aliphatic carbocycles. The molecule has 0 spiro atoms. The first-order valence-corrected chi connectivity index (χ1v) is 8.24. The standard InChI is InChI=1S/C18H16BrFN4/c1-12-22-17(21-11-13-5-7-15(20)8-6-13)10-18(23-12)24-16-4-2-3-14(19)9-16/h2-10H,11H2,1H3,(H2,21,22,23,24). The van der Waals surface area contributed by atoms with E-state index in [1.165, 1.54) is 12.1 Å². The number of benzene rings is 2. The fourth-order valence-electron chi connectivity index (χ4n) is 2.23. The molecule has 0 aliphatic rings. The van der Waals surface area contributed by atoms with E-state index in [4.69, 9.17) is 0 Å². The largest absolute Gasteiger partial charge is 0.366 e. The zero-order valence-electron chi connectivity index (χ0n) is 13.1. The topological polar surface area (TPSA) is 49.8 Å². The van der Waals surface area contributed by atoms with E-state index in [1.807, 2.05) is 37.3 Å². The fraction of sp³-hybridized carbons (Fsp3) is 0.111. The molecule has 0 radical (unpaired) electrons. The van der Waals surface area contributed by atoms with Gasteiger partial charge in [0, 0.05) is 22.8 Å². The van der Waals surface area contributed by atoms with Crippen LogP contribution in [0.25, 0.3) is 0 Å². The predicted molar refractivity (Wildman–Crippen MR) is 97.9 cm³/mol. The molecule has 2 aromatic carbocycles. The molecule has 0 saturated carbocycles. The van der Waals surface area contributed by atoms with Crippen LogP contribution in [-0.2, 0) is 6.54 Å². The Bertz CT molecular complexity index is 837. The predicted octanol–water partition coefficient (Wildman–Crippen LogP) is 5.04. The molecule has 3 rings (SSSR count). The molecule has 0 amide bonds. The summed E-state index contributed by atoms with van der Waals surface area (Å²) in [6.07, 6.45) is 0. The summed E-state index contributed by atoms with van der Waals surface area (Å²) in [6.45, 7) is 2.40. The van der Waals surface area contributed by atoms with Crippen LogP contribution in [0.5, 0.6) is 0 Å². The van der Waals surface area contributed by atoms with Crippen molar-refractivity contribution in [3.05, 3.63) is 76.3 Å². The molecule has 0 aliphatic heterocycles. The number of anilines is 3. The van der Waals surface area contributed by atoms with Crippen molar-refractivity contribution in [2.75, 3.05) is 10.6 Å². The summed E-state index contributed by atoms with van der Waals surface area (Å²) < 4.78 is 13.9. The van der Waals surface area contributed by atoms with Crippen molar-refractivity contribution in [3.8, 4) is 0 Å². The molecular formula is C18H16BrFN4. The van der Waals surface area contributed by atoms with E-state index in [-0.39, 0.29) is 5.82 Å². The molecule has 4 nitrogen and oxygen atoms in total. The van der Waals surface area contributed by atoms with Crippen molar-refractivity contribution >= 4 is 33.3 Å². The van der Waals surface area contributed by atoms with Crippen LogP contribution in [0.3, 0.4) is 0 Å². The zero-order valence-corrected chi connectivity index (χ0v) is 14.6. The van der Waals surface area contributed by atoms with Crippen molar-refractivity contribution in [3.63, 3.8) is 0 Å². The Balaban J connectivity index is 1.72. The lowest BCUT2D eigenvalue weighted by molar-refractivity contribution is 0.627. The monoisotopic (exact) mass is 386 g/mol. The van der Waals surface area contributed by atoms with Crippen LogP contribution in [0.1, 0.15) is 11.4 Å². The SMILES string of the molecule is Cc1nc(NCc2ccc(F)cc2)cc(Nc2cccc(Br)c2)n1. The maximum atomic E-state index is 12.9. The Hall–Kier alpha value is -2.47. The van der Waals surface area contributed by atoms with E-state index in [2.05, 4.69) is 36.5 Å². The molecular weight excluding hydrogens is 371 g/mol. The number of hydrogen-bond acceptors (Lipinski definition) is 4. The quantitative estimate of drug-likeness (QED) is 0.644. The Kier molecular flexibility index (Phi) is 5.05. The van der Waals surface area contributed by atoms with Crippen LogP contribution in [0, 0.1) is 12.7 Å². The lowest BCUT2D eigenvalue weighted by atomic mass is 10.2. The average molecular weight is 387 g/mol. The maximum Gasteiger partial charge on any atom is 0.136 e. The molecule has 0 atom stereocenters. The normalized spacial score (nSPS) is 10.5. The van der Waals surface area contributed by atoms with Crippen LogP contribution < -0.4 is 10.6 Å². The molecule has 2 N–H and O–H groups in total. The molecule has 0 unspecified atom stereocenters. The van der Waals surface area contributed by atoms with Crippen LogP contribution in [0.4, 0.5) is 21.7 Å². The van der Waals surface area contributed by atoms with Crippen molar-refractivity contribution in [1.82, 2.24) is 9.97 Å². The Labute approximate surface area is 148 Å². The highest BCUT2D eigenvalue weighted by molar-refractivity contribution is 9.10. The minimum absolute atomic E-state index is 0.239. The molecule has 0 bridgehead atoms. The van der Waals surface area contributed by atoms with Gasteiger partial charge < -0.3 is 10.6 Å². The number of hydrogen-bond donors (Lipinski definition) is 2. The highest BCUT2D eigenvalue weighted by Crippen LogP contribution is 2.21. The van der Waals surface area contributed by atoms with Gasteiger partial charge >= 0.3 is 0 Å². The molecule has 24 heavy (non-hydrogen) atoms. The Morgan fingerprint density at radius 3 is 2.50 bits per heavy atom. The van der Waals surface area contributed by atoms with Crippen LogP contribution in [0.15, 0.2) is 59.1 Å². The highest BCUT2D eigenvalue weighted by Gasteiger charge is 2.03. The second-order valence-corrected chi connectivity index (χ2v) is 6.22. The summed E-state index contributed by atoms with van der Waals surface area (Å²) in [7, 11) is 0. The molecule has 1 heterocycles. The lowest BCUT2D eigenvalue weighted by Crippen LogP contribution is -2.05. The molecule has 3 aromatic rings. The first kappa shape index (κ1) is 16.4. The maximum absolute atomic E-state index is 12.9. The van der Waals surface area contributed by atoms with Crippen LogP contribution in [0.2, 0.25) is 0 Å². The number of rotatable bonds is 5. The van der Waals surface area contributed by atoms with Gasteiger partial charge in [-0.25, -0.2) is 14.4 Å². The summed E-state index contributed by atoms with van der Waals surface area (Å²) in [5.74, 6) is 1.85. The number of nitrogens with zero attached hydrogens (tertiary/aromatic N) is 2. The number of nitrogens with one attached hydrogen (secondary N) is 2. The molecule has 0 saturated heterocycles. The van der Waals surface area contributed by atoms with Crippen molar-refractivity contribution in [1.29, 1.82) is 0 Å². The first-order valence-electron chi connectivity index (χ1n) is 7.45. The summed E-state index contributed by atoms with van der Waals surface area (Å²) in [4.78, 5) is 8.78. The van der Waals surface area contributed by atoms with Gasteiger partial charge in [-0.1, -0.05) is 34.1 Å². The summed E-state index contributed by atoms with van der Waals surface area (Å²) in [5, 5.41) is 6.50. The van der Waals surface area contributed by atoms with Gasteiger partial charge in [0.2, 0.25) is 0 Å². The third kappa shape index (κ3) is 4.52. The van der Waals surface area contributed by atoms with Gasteiger partial charge in [-0.05, 0) is 42.8 Å². The highest BCUT2D eigenvalue weighted by atomic mass is 79.9. The lowest BCUT2D eigenvalue weighted by Gasteiger charge is -2.10. The zero-order chi connectivity index (χ0) is 16.9. The smallest absolute Gasteiger partial charge is 0.136 e. The van der Waals surface area contributed by atoms with E-state index >= 15 is 0 Å². The first-order chi connectivity index (χ1) is 11.6. The third-order valence-corrected chi connectivity index (χ3v) is 3.82. The fourth-order valence-corrected chi connectivity index (χ4v) is 2.63. The Morgan fingerprint density at radius 2 is 1.75 bits per heavy atom. The van der Waals surface area contributed by atoms with Crippen molar-refractivity contribution in [2.45, 2.75) is 13.5 Å². The molecule has 6 heteroatoms. The van der Waals surface area contributed by atoms with E-state index < -0.39 is 0 Å². The van der Waals surface area contributed by atoms with Gasteiger partial charge in [0.1, 0.15) is 23.3 Å². The number of halogens is 2. The van der Waals surface area contributed by atoms with E-state index in [0.29, 0.717) is 24.0 Å². The third-order valence-electron chi connectivity index (χ3n) is 3.32. The van der Waals surface area contributed by atoms with Crippen LogP contribution in [-0.4, -0.2) is 9.97 Å². The average Bonchev–Trinajstić information content (AvgIpc) is 2.54. The van der Waals surface area contributed by atoms with Crippen molar-refractivity contribution < 1.29 is 4.39 Å². The van der Waals surface area contributed by atoms with Gasteiger partial charge in [-0.15, -0.1) is 0 Å². The van der Waals surface area contributed by atoms with Gasteiger partial charge in [0.05, 0.1) is 0 Å². The van der Waals surface area contributed by atoms with Gasteiger partial charge in [0.15, 0.2) is 0 Å². The van der Waals surface area contributed by atoms with E-state index in [9.17, 15) is 4.39 Å². The van der Waals surface area contributed by atoms with E-state index in [1.54, 1.807) is 12.1 Å². The van der Waals surface area contributed by atoms with Gasteiger partial charge in [-0.2, -0.15) is 0 Å².